The van der Waals surface area contributed by atoms with Crippen LogP contribution in [0.15, 0.2) is 0 Å². The van der Waals surface area contributed by atoms with Gasteiger partial charge >= 0.3 is 0 Å². The van der Waals surface area contributed by atoms with E-state index in [1.165, 1.54) is 25.7 Å². The van der Waals surface area contributed by atoms with Crippen molar-refractivity contribution in [2.45, 2.75) is 76.7 Å². The lowest BCUT2D eigenvalue weighted by atomic mass is 10.1. The first kappa shape index (κ1) is 13.3. The first-order valence-electron chi connectivity index (χ1n) is 7.31. The van der Waals surface area contributed by atoms with E-state index in [-0.39, 0.29) is 6.04 Å². The summed E-state index contributed by atoms with van der Waals surface area (Å²) >= 11 is 0. The highest BCUT2D eigenvalue weighted by Gasteiger charge is 2.29. The highest BCUT2D eigenvalue weighted by atomic mass is 19.1. The molecule has 0 amide bonds. The Bertz CT molecular complexity index is 226. The molecule has 1 heterocycles. The van der Waals surface area contributed by atoms with E-state index in [2.05, 4.69) is 24.1 Å². The van der Waals surface area contributed by atoms with Crippen LogP contribution in [0.5, 0.6) is 0 Å². The molecule has 1 saturated carbocycles. The zero-order valence-corrected chi connectivity index (χ0v) is 11.3. The molecule has 2 fully saturated rings. The summed E-state index contributed by atoms with van der Waals surface area (Å²) in [5, 5.41) is 3.29. The van der Waals surface area contributed by atoms with Crippen LogP contribution in [0.25, 0.3) is 0 Å². The monoisotopic (exact) mass is 242 g/mol. The van der Waals surface area contributed by atoms with E-state index in [0.29, 0.717) is 12.5 Å². The lowest BCUT2D eigenvalue weighted by molar-refractivity contribution is 0.141. The summed E-state index contributed by atoms with van der Waals surface area (Å²) in [4.78, 5) is 2.60. The van der Waals surface area contributed by atoms with Gasteiger partial charge in [0.2, 0.25) is 0 Å². The summed E-state index contributed by atoms with van der Waals surface area (Å²) in [5.41, 5.74) is 0. The van der Waals surface area contributed by atoms with Gasteiger partial charge in [0, 0.05) is 24.7 Å². The van der Waals surface area contributed by atoms with Crippen molar-refractivity contribution in [2.75, 3.05) is 13.1 Å². The van der Waals surface area contributed by atoms with Gasteiger partial charge in [0.1, 0.15) is 6.17 Å². The Morgan fingerprint density at radius 1 is 1.24 bits per heavy atom. The van der Waals surface area contributed by atoms with Crippen LogP contribution >= 0.6 is 0 Å². The average Bonchev–Trinajstić information content (AvgIpc) is 2.91. The van der Waals surface area contributed by atoms with Crippen LogP contribution in [0.2, 0.25) is 0 Å². The molecular formula is C14H27FN2. The number of hydrogen-bond donors (Lipinski definition) is 1. The van der Waals surface area contributed by atoms with Crippen molar-refractivity contribution in [1.82, 2.24) is 10.2 Å². The Morgan fingerprint density at radius 3 is 2.47 bits per heavy atom. The van der Waals surface area contributed by atoms with Gasteiger partial charge < -0.3 is 5.32 Å². The average molecular weight is 242 g/mol. The maximum absolute atomic E-state index is 13.5. The molecule has 0 aromatic carbocycles. The molecule has 1 N–H and O–H groups in total. The number of rotatable bonds is 5. The van der Waals surface area contributed by atoms with Gasteiger partial charge in [-0.15, -0.1) is 0 Å². The second kappa shape index (κ2) is 6.14. The van der Waals surface area contributed by atoms with Crippen molar-refractivity contribution in [3.63, 3.8) is 0 Å². The van der Waals surface area contributed by atoms with Crippen molar-refractivity contribution in [1.29, 1.82) is 0 Å². The standard InChI is InChI=1S/C14H27FN2/c1-11(2)17(12-5-3-4-6-12)10-8-14-13(15)7-9-16-14/h11-14,16H,3-10H2,1-2H3. The smallest absolute Gasteiger partial charge is 0.117 e. The summed E-state index contributed by atoms with van der Waals surface area (Å²) in [6.07, 6.45) is 6.49. The number of halogens is 1. The Morgan fingerprint density at radius 2 is 1.94 bits per heavy atom. The quantitative estimate of drug-likeness (QED) is 0.797. The lowest BCUT2D eigenvalue weighted by Crippen LogP contribution is -2.42. The predicted molar refractivity (Wildman–Crippen MR) is 70.0 cm³/mol. The Hall–Kier alpha value is -0.150. The maximum Gasteiger partial charge on any atom is 0.117 e. The fraction of sp³-hybridized carbons (Fsp3) is 1.00. The molecule has 1 saturated heterocycles. The number of nitrogens with zero attached hydrogens (tertiary/aromatic N) is 1. The van der Waals surface area contributed by atoms with Crippen molar-refractivity contribution >= 4 is 0 Å². The first-order valence-corrected chi connectivity index (χ1v) is 7.31. The Kier molecular flexibility index (Phi) is 4.80. The van der Waals surface area contributed by atoms with Gasteiger partial charge in [-0.05, 0) is 46.1 Å². The van der Waals surface area contributed by atoms with E-state index in [9.17, 15) is 4.39 Å². The Labute approximate surface area is 105 Å². The number of hydrogen-bond acceptors (Lipinski definition) is 2. The van der Waals surface area contributed by atoms with Gasteiger partial charge in [-0.3, -0.25) is 4.90 Å². The summed E-state index contributed by atoms with van der Waals surface area (Å²) < 4.78 is 13.5. The van der Waals surface area contributed by atoms with Crippen molar-refractivity contribution in [3.8, 4) is 0 Å². The van der Waals surface area contributed by atoms with Crippen molar-refractivity contribution < 1.29 is 4.39 Å². The third kappa shape index (κ3) is 3.41. The zero-order valence-electron chi connectivity index (χ0n) is 11.3. The minimum absolute atomic E-state index is 0.109. The second-order valence-corrected chi connectivity index (χ2v) is 5.92. The van der Waals surface area contributed by atoms with E-state index in [4.69, 9.17) is 0 Å². The molecule has 3 heteroatoms. The first-order chi connectivity index (χ1) is 8.18. The van der Waals surface area contributed by atoms with Gasteiger partial charge in [-0.25, -0.2) is 4.39 Å². The summed E-state index contributed by atoms with van der Waals surface area (Å²) in [5.74, 6) is 0. The normalized spacial score (nSPS) is 30.9. The third-order valence-electron chi connectivity index (χ3n) is 4.42. The molecular weight excluding hydrogens is 215 g/mol. The number of nitrogens with one attached hydrogen (secondary N) is 1. The van der Waals surface area contributed by atoms with Crippen LogP contribution in [0.1, 0.15) is 52.4 Å². The van der Waals surface area contributed by atoms with E-state index >= 15 is 0 Å². The second-order valence-electron chi connectivity index (χ2n) is 5.92. The van der Waals surface area contributed by atoms with E-state index in [0.717, 1.165) is 25.6 Å². The molecule has 0 aromatic rings. The molecule has 2 aliphatic rings. The zero-order chi connectivity index (χ0) is 12.3. The molecule has 2 unspecified atom stereocenters. The van der Waals surface area contributed by atoms with Gasteiger partial charge in [0.15, 0.2) is 0 Å². The van der Waals surface area contributed by atoms with Crippen LogP contribution < -0.4 is 5.32 Å². The predicted octanol–water partition coefficient (Wildman–Crippen LogP) is 2.73. The summed E-state index contributed by atoms with van der Waals surface area (Å²) in [7, 11) is 0. The Balaban J connectivity index is 1.80. The summed E-state index contributed by atoms with van der Waals surface area (Å²) in [6.45, 7) is 6.46. The molecule has 0 spiro atoms. The van der Waals surface area contributed by atoms with E-state index in [1.54, 1.807) is 0 Å². The van der Waals surface area contributed by atoms with Crippen molar-refractivity contribution in [2.24, 2.45) is 0 Å². The van der Waals surface area contributed by atoms with E-state index in [1.807, 2.05) is 0 Å². The van der Waals surface area contributed by atoms with Crippen LogP contribution in [-0.2, 0) is 0 Å². The van der Waals surface area contributed by atoms with Crippen LogP contribution in [-0.4, -0.2) is 42.3 Å². The van der Waals surface area contributed by atoms with Crippen LogP contribution in [0.3, 0.4) is 0 Å². The van der Waals surface area contributed by atoms with Gasteiger partial charge in [-0.1, -0.05) is 12.8 Å². The molecule has 0 bridgehead atoms. The largest absolute Gasteiger partial charge is 0.311 e. The molecule has 17 heavy (non-hydrogen) atoms. The molecule has 2 atom stereocenters. The van der Waals surface area contributed by atoms with Crippen LogP contribution in [0, 0.1) is 0 Å². The lowest BCUT2D eigenvalue weighted by Gasteiger charge is -2.33. The topological polar surface area (TPSA) is 15.3 Å². The van der Waals surface area contributed by atoms with Gasteiger partial charge in [0.05, 0.1) is 0 Å². The van der Waals surface area contributed by atoms with Gasteiger partial charge in [-0.2, -0.15) is 0 Å². The minimum atomic E-state index is -0.618. The maximum atomic E-state index is 13.5. The minimum Gasteiger partial charge on any atom is -0.311 e. The molecule has 0 radical (unpaired) electrons. The highest BCUT2D eigenvalue weighted by molar-refractivity contribution is 4.86. The highest BCUT2D eigenvalue weighted by Crippen LogP contribution is 2.26. The van der Waals surface area contributed by atoms with Crippen molar-refractivity contribution in [3.05, 3.63) is 0 Å². The van der Waals surface area contributed by atoms with E-state index < -0.39 is 6.17 Å². The molecule has 1 aliphatic heterocycles. The summed E-state index contributed by atoms with van der Waals surface area (Å²) in [6, 6.07) is 1.46. The number of alkyl halides is 1. The SMILES string of the molecule is CC(C)N(CCC1NCCC1F)C1CCCC1. The molecule has 100 valence electrons. The molecule has 2 rings (SSSR count). The molecule has 1 aliphatic carbocycles. The fourth-order valence-corrected chi connectivity index (χ4v) is 3.41. The molecule has 0 aromatic heterocycles. The van der Waals surface area contributed by atoms with Crippen LogP contribution in [0.4, 0.5) is 4.39 Å². The van der Waals surface area contributed by atoms with Gasteiger partial charge in [0.25, 0.3) is 0 Å². The third-order valence-corrected chi connectivity index (χ3v) is 4.42. The molecule has 2 nitrogen and oxygen atoms in total. The fourth-order valence-electron chi connectivity index (χ4n) is 3.41.